The van der Waals surface area contributed by atoms with Crippen molar-refractivity contribution >= 4 is 22.4 Å². The highest BCUT2D eigenvalue weighted by Gasteiger charge is 2.14. The summed E-state index contributed by atoms with van der Waals surface area (Å²) in [5, 5.41) is 9.35. The molecule has 0 amide bonds. The number of hydrogen-bond acceptors (Lipinski definition) is 6. The Morgan fingerprint density at radius 2 is 1.41 bits per heavy atom. The summed E-state index contributed by atoms with van der Waals surface area (Å²) in [5.41, 5.74) is 6.53. The van der Waals surface area contributed by atoms with Crippen LogP contribution >= 0.6 is 11.3 Å². The molecule has 0 saturated carbocycles. The lowest BCUT2D eigenvalue weighted by Crippen LogP contribution is -2.23. The number of hydrogen-bond donors (Lipinski definition) is 0. The molecule has 0 saturated heterocycles. The van der Waals surface area contributed by atoms with Gasteiger partial charge in [-0.2, -0.15) is 14.6 Å². The Morgan fingerprint density at radius 1 is 0.718 bits per heavy atom. The molecule has 8 heteroatoms. The zero-order valence-corrected chi connectivity index (χ0v) is 21.4. The van der Waals surface area contributed by atoms with E-state index in [4.69, 9.17) is 5.10 Å². The van der Waals surface area contributed by atoms with E-state index in [1.54, 1.807) is 12.4 Å². The fourth-order valence-corrected chi connectivity index (χ4v) is 5.37. The van der Waals surface area contributed by atoms with Crippen molar-refractivity contribution < 1.29 is 0 Å². The second kappa shape index (κ2) is 9.59. The van der Waals surface area contributed by atoms with Gasteiger partial charge in [0.25, 0.3) is 5.56 Å². The lowest BCUT2D eigenvalue weighted by Gasteiger charge is -2.08. The van der Waals surface area contributed by atoms with E-state index in [2.05, 4.69) is 45.4 Å². The van der Waals surface area contributed by atoms with Gasteiger partial charge in [0.05, 0.1) is 21.6 Å². The van der Waals surface area contributed by atoms with Crippen molar-refractivity contribution in [3.8, 4) is 39.6 Å². The molecule has 7 rings (SSSR count). The van der Waals surface area contributed by atoms with Crippen molar-refractivity contribution in [2.24, 2.45) is 0 Å². The summed E-state index contributed by atoms with van der Waals surface area (Å²) in [7, 11) is 0. The normalized spacial score (nSPS) is 11.8. The second-order valence-electron chi connectivity index (χ2n) is 8.93. The topological polar surface area (TPSA) is 78.0 Å². The van der Waals surface area contributed by atoms with Crippen LogP contribution in [0.5, 0.6) is 0 Å². The standard InChI is InChI=1S/C31H20N6OS/c38-30-28(39-31-33-29(35-37(30)31)24-15-17-32-18-16-24)19-21-11-13-25(14-12-21)36-27(23-9-5-2-6-10-23)20-26(34-36)22-7-3-1-4-8-22/h1-20H/b28-19-. The first-order valence-corrected chi connectivity index (χ1v) is 13.2. The van der Waals surface area contributed by atoms with E-state index in [1.807, 2.05) is 83.6 Å². The van der Waals surface area contributed by atoms with Gasteiger partial charge in [-0.15, -0.1) is 5.10 Å². The minimum atomic E-state index is -0.183. The van der Waals surface area contributed by atoms with E-state index >= 15 is 0 Å². The summed E-state index contributed by atoms with van der Waals surface area (Å²) in [5.74, 6) is 0.514. The lowest BCUT2D eigenvalue weighted by molar-refractivity contribution is 0.892. The predicted molar refractivity (Wildman–Crippen MR) is 154 cm³/mol. The first-order valence-electron chi connectivity index (χ1n) is 12.4. The van der Waals surface area contributed by atoms with Crippen LogP contribution in [-0.2, 0) is 0 Å². The molecule has 7 nitrogen and oxygen atoms in total. The third kappa shape index (κ3) is 4.32. The maximum absolute atomic E-state index is 13.0. The van der Waals surface area contributed by atoms with Gasteiger partial charge in [0.2, 0.25) is 4.96 Å². The van der Waals surface area contributed by atoms with Crippen molar-refractivity contribution in [3.63, 3.8) is 0 Å². The third-order valence-corrected chi connectivity index (χ3v) is 7.36. The molecule has 0 radical (unpaired) electrons. The Kier molecular flexibility index (Phi) is 5.64. The molecular formula is C31H20N6OS. The van der Waals surface area contributed by atoms with Gasteiger partial charge >= 0.3 is 0 Å². The Hall–Kier alpha value is -5.21. The van der Waals surface area contributed by atoms with E-state index in [9.17, 15) is 4.79 Å². The summed E-state index contributed by atoms with van der Waals surface area (Å²) in [6.45, 7) is 0. The average molecular weight is 525 g/mol. The fourth-order valence-electron chi connectivity index (χ4n) is 4.46. The van der Waals surface area contributed by atoms with Crippen molar-refractivity contribution in [1.29, 1.82) is 0 Å². The molecule has 0 N–H and O–H groups in total. The van der Waals surface area contributed by atoms with Gasteiger partial charge in [-0.3, -0.25) is 9.78 Å². The maximum atomic E-state index is 13.0. The minimum absolute atomic E-state index is 0.183. The number of benzene rings is 3. The summed E-state index contributed by atoms with van der Waals surface area (Å²) < 4.78 is 3.90. The largest absolute Gasteiger partial charge is 0.291 e. The Balaban J connectivity index is 1.25. The molecule has 0 aliphatic heterocycles. The van der Waals surface area contributed by atoms with Crippen molar-refractivity contribution in [2.45, 2.75) is 0 Å². The number of nitrogens with zero attached hydrogens (tertiary/aromatic N) is 6. The molecule has 7 aromatic rings. The van der Waals surface area contributed by atoms with Crippen LogP contribution in [0.3, 0.4) is 0 Å². The summed E-state index contributed by atoms with van der Waals surface area (Å²) in [6, 6.07) is 34.2. The molecule has 0 aliphatic rings. The van der Waals surface area contributed by atoms with Crippen LogP contribution < -0.4 is 10.1 Å². The van der Waals surface area contributed by atoms with Gasteiger partial charge in [0.15, 0.2) is 5.82 Å². The molecule has 0 fully saturated rings. The fraction of sp³-hybridized carbons (Fsp3) is 0. The Labute approximate surface area is 227 Å². The number of fused-ring (bicyclic) bond motifs is 1. The smallest absolute Gasteiger partial charge is 0.266 e. The number of aromatic nitrogens is 6. The average Bonchev–Trinajstić information content (AvgIpc) is 3.70. The summed E-state index contributed by atoms with van der Waals surface area (Å²) in [6.07, 6.45) is 5.23. The van der Waals surface area contributed by atoms with Crippen LogP contribution in [0.15, 0.2) is 120 Å². The molecule has 3 aromatic carbocycles. The molecule has 0 aliphatic carbocycles. The van der Waals surface area contributed by atoms with Gasteiger partial charge in [-0.05, 0) is 42.0 Å². The van der Waals surface area contributed by atoms with E-state index in [0.29, 0.717) is 15.3 Å². The summed E-state index contributed by atoms with van der Waals surface area (Å²) in [4.78, 5) is 22.1. The third-order valence-electron chi connectivity index (χ3n) is 6.40. The molecule has 186 valence electrons. The molecule has 4 heterocycles. The lowest BCUT2D eigenvalue weighted by atomic mass is 10.1. The van der Waals surface area contributed by atoms with Crippen LogP contribution in [0.4, 0.5) is 0 Å². The number of pyridine rings is 1. The first-order chi connectivity index (χ1) is 19.2. The number of rotatable bonds is 5. The molecule has 0 spiro atoms. The maximum Gasteiger partial charge on any atom is 0.291 e. The summed E-state index contributed by atoms with van der Waals surface area (Å²) >= 11 is 1.32. The van der Waals surface area contributed by atoms with E-state index in [0.717, 1.165) is 39.3 Å². The Bertz CT molecular complexity index is 2010. The zero-order valence-electron chi connectivity index (χ0n) is 20.5. The van der Waals surface area contributed by atoms with Crippen LogP contribution in [0.2, 0.25) is 0 Å². The van der Waals surface area contributed by atoms with Gasteiger partial charge in [0, 0.05) is 29.1 Å². The monoisotopic (exact) mass is 524 g/mol. The second-order valence-corrected chi connectivity index (χ2v) is 9.94. The van der Waals surface area contributed by atoms with Crippen molar-refractivity contribution in [1.82, 2.24) is 29.4 Å². The molecular weight excluding hydrogens is 504 g/mol. The molecule has 0 atom stereocenters. The van der Waals surface area contributed by atoms with E-state index in [-0.39, 0.29) is 5.56 Å². The van der Waals surface area contributed by atoms with Crippen LogP contribution in [-0.4, -0.2) is 29.4 Å². The van der Waals surface area contributed by atoms with Crippen LogP contribution in [0, 0.1) is 0 Å². The first kappa shape index (κ1) is 22.9. The zero-order chi connectivity index (χ0) is 26.2. The highest BCUT2D eigenvalue weighted by molar-refractivity contribution is 7.15. The highest BCUT2D eigenvalue weighted by atomic mass is 32.1. The predicted octanol–water partition coefficient (Wildman–Crippen LogP) is 5.28. The molecule has 0 unspecified atom stereocenters. The quantitative estimate of drug-likeness (QED) is 0.306. The molecule has 4 aromatic heterocycles. The van der Waals surface area contributed by atoms with Crippen molar-refractivity contribution in [3.05, 3.63) is 136 Å². The van der Waals surface area contributed by atoms with Gasteiger partial charge in [0.1, 0.15) is 0 Å². The van der Waals surface area contributed by atoms with Crippen molar-refractivity contribution in [2.75, 3.05) is 0 Å². The Morgan fingerprint density at radius 3 is 2.10 bits per heavy atom. The SMILES string of the molecule is O=c1/c(=C/c2ccc(-n3nc(-c4ccccc4)cc3-c3ccccc3)cc2)sc2nc(-c3ccncc3)nn12. The van der Waals surface area contributed by atoms with Gasteiger partial charge < -0.3 is 0 Å². The van der Waals surface area contributed by atoms with Gasteiger partial charge in [-0.1, -0.05) is 84.1 Å². The van der Waals surface area contributed by atoms with Crippen LogP contribution in [0.1, 0.15) is 5.56 Å². The molecule has 39 heavy (non-hydrogen) atoms. The van der Waals surface area contributed by atoms with E-state index < -0.39 is 0 Å². The van der Waals surface area contributed by atoms with Crippen LogP contribution in [0.25, 0.3) is 50.6 Å². The highest BCUT2D eigenvalue weighted by Crippen LogP contribution is 2.28. The minimum Gasteiger partial charge on any atom is -0.266 e. The van der Waals surface area contributed by atoms with Gasteiger partial charge in [-0.25, -0.2) is 4.68 Å². The van der Waals surface area contributed by atoms with E-state index in [1.165, 1.54) is 15.9 Å². The number of thiazole rings is 1. The molecule has 0 bridgehead atoms.